The number of nitrogens with zero attached hydrogens (tertiary/aromatic N) is 1. The van der Waals surface area contributed by atoms with E-state index in [1.54, 1.807) is 6.92 Å². The van der Waals surface area contributed by atoms with Crippen molar-refractivity contribution in [2.24, 2.45) is 0 Å². The highest BCUT2D eigenvalue weighted by Crippen LogP contribution is 2.17. The van der Waals surface area contributed by atoms with Gasteiger partial charge in [-0.2, -0.15) is 0 Å². The molecule has 0 amide bonds. The molecular weight excluding hydrogens is 234 g/mol. The van der Waals surface area contributed by atoms with E-state index in [0.29, 0.717) is 37.6 Å². The van der Waals surface area contributed by atoms with Gasteiger partial charge in [0.25, 0.3) is 0 Å². The Labute approximate surface area is 106 Å². The van der Waals surface area contributed by atoms with E-state index in [4.69, 9.17) is 15.2 Å². The maximum atomic E-state index is 11.7. The number of carbonyl (C=O) groups excluding carboxylic acids is 1. The van der Waals surface area contributed by atoms with Crippen LogP contribution in [0.3, 0.4) is 0 Å². The molecular formula is C12H19N3O3. The number of hydrogen-bond donors (Lipinski definition) is 2. The number of aromatic nitrogens is 1. The van der Waals surface area contributed by atoms with Gasteiger partial charge in [0.05, 0.1) is 30.7 Å². The van der Waals surface area contributed by atoms with Crippen LogP contribution in [0.5, 0.6) is 0 Å². The molecule has 100 valence electrons. The van der Waals surface area contributed by atoms with Gasteiger partial charge in [-0.25, -0.2) is 9.78 Å². The summed E-state index contributed by atoms with van der Waals surface area (Å²) < 4.78 is 10.2. The topological polar surface area (TPSA) is 86.5 Å². The van der Waals surface area contributed by atoms with Gasteiger partial charge in [-0.05, 0) is 19.9 Å². The average molecular weight is 253 g/mol. The van der Waals surface area contributed by atoms with Crippen molar-refractivity contribution in [1.29, 1.82) is 0 Å². The first-order valence-corrected chi connectivity index (χ1v) is 5.93. The van der Waals surface area contributed by atoms with E-state index in [1.807, 2.05) is 6.92 Å². The van der Waals surface area contributed by atoms with Crippen LogP contribution in [0.25, 0.3) is 0 Å². The number of nitrogen functional groups attached to an aromatic ring is 1. The van der Waals surface area contributed by atoms with Gasteiger partial charge in [0.2, 0.25) is 0 Å². The predicted octanol–water partition coefficient (Wildman–Crippen LogP) is 1.29. The standard InChI is InChI=1S/C12H19N3O3/c1-3-17-6-5-14-10-8-15-11(13)7-9(10)12(16)18-4-2/h7-8,14H,3-6H2,1-2H3,(H2,13,15). The summed E-state index contributed by atoms with van der Waals surface area (Å²) in [6.45, 7) is 5.81. The molecule has 6 nitrogen and oxygen atoms in total. The van der Waals surface area contributed by atoms with Crippen molar-refractivity contribution in [3.05, 3.63) is 17.8 Å². The lowest BCUT2D eigenvalue weighted by atomic mass is 10.2. The van der Waals surface area contributed by atoms with E-state index in [9.17, 15) is 4.79 Å². The summed E-state index contributed by atoms with van der Waals surface area (Å²) in [6, 6.07) is 1.50. The van der Waals surface area contributed by atoms with Gasteiger partial charge in [0.15, 0.2) is 0 Å². The highest BCUT2D eigenvalue weighted by molar-refractivity contribution is 5.96. The molecule has 0 unspecified atom stereocenters. The minimum Gasteiger partial charge on any atom is -0.462 e. The van der Waals surface area contributed by atoms with E-state index in [-0.39, 0.29) is 5.82 Å². The fraction of sp³-hybridized carbons (Fsp3) is 0.500. The molecule has 0 aromatic carbocycles. The van der Waals surface area contributed by atoms with Crippen molar-refractivity contribution in [2.75, 3.05) is 37.4 Å². The molecule has 0 saturated heterocycles. The van der Waals surface area contributed by atoms with Crippen molar-refractivity contribution in [3.8, 4) is 0 Å². The molecule has 0 bridgehead atoms. The number of pyridine rings is 1. The molecule has 1 rings (SSSR count). The second-order valence-electron chi connectivity index (χ2n) is 3.50. The summed E-state index contributed by atoms with van der Waals surface area (Å²) in [4.78, 5) is 15.7. The summed E-state index contributed by atoms with van der Waals surface area (Å²) in [5, 5.41) is 3.07. The summed E-state index contributed by atoms with van der Waals surface area (Å²) in [5.74, 6) is -0.126. The molecule has 0 atom stereocenters. The Hall–Kier alpha value is -1.82. The highest BCUT2D eigenvalue weighted by Gasteiger charge is 2.13. The average Bonchev–Trinajstić information content (AvgIpc) is 2.36. The summed E-state index contributed by atoms with van der Waals surface area (Å²) in [5.41, 5.74) is 6.56. The molecule has 0 radical (unpaired) electrons. The van der Waals surface area contributed by atoms with Crippen LogP contribution in [0, 0.1) is 0 Å². The Bertz CT molecular complexity index is 396. The third kappa shape index (κ3) is 4.21. The fourth-order valence-corrected chi connectivity index (χ4v) is 1.39. The number of ether oxygens (including phenoxy) is 2. The largest absolute Gasteiger partial charge is 0.462 e. The Kier molecular flexibility index (Phi) is 5.93. The van der Waals surface area contributed by atoms with Gasteiger partial charge < -0.3 is 20.5 Å². The lowest BCUT2D eigenvalue weighted by molar-refractivity contribution is 0.0527. The van der Waals surface area contributed by atoms with E-state index >= 15 is 0 Å². The first-order valence-electron chi connectivity index (χ1n) is 5.93. The molecule has 1 aromatic rings. The molecule has 3 N–H and O–H groups in total. The van der Waals surface area contributed by atoms with Crippen molar-refractivity contribution in [2.45, 2.75) is 13.8 Å². The van der Waals surface area contributed by atoms with E-state index in [1.165, 1.54) is 12.3 Å². The van der Waals surface area contributed by atoms with Crippen LogP contribution in [0.1, 0.15) is 24.2 Å². The monoisotopic (exact) mass is 253 g/mol. The van der Waals surface area contributed by atoms with Gasteiger partial charge in [-0.1, -0.05) is 0 Å². The Balaban J connectivity index is 2.73. The van der Waals surface area contributed by atoms with Gasteiger partial charge >= 0.3 is 5.97 Å². The quantitative estimate of drug-likeness (QED) is 0.562. The predicted molar refractivity (Wildman–Crippen MR) is 69.6 cm³/mol. The highest BCUT2D eigenvalue weighted by atomic mass is 16.5. The zero-order valence-corrected chi connectivity index (χ0v) is 10.7. The number of hydrogen-bond acceptors (Lipinski definition) is 6. The Morgan fingerprint density at radius 3 is 2.89 bits per heavy atom. The van der Waals surface area contributed by atoms with Crippen LogP contribution in [0.4, 0.5) is 11.5 Å². The van der Waals surface area contributed by atoms with Crippen LogP contribution in [-0.2, 0) is 9.47 Å². The van der Waals surface area contributed by atoms with Crippen molar-refractivity contribution >= 4 is 17.5 Å². The van der Waals surface area contributed by atoms with E-state index in [0.717, 1.165) is 0 Å². The van der Waals surface area contributed by atoms with Crippen molar-refractivity contribution in [1.82, 2.24) is 4.98 Å². The minimum atomic E-state index is -0.412. The molecule has 0 aliphatic carbocycles. The Morgan fingerprint density at radius 1 is 1.44 bits per heavy atom. The molecule has 6 heteroatoms. The lowest BCUT2D eigenvalue weighted by Crippen LogP contribution is -2.14. The van der Waals surface area contributed by atoms with Crippen molar-refractivity contribution < 1.29 is 14.3 Å². The molecule has 1 heterocycles. The molecule has 18 heavy (non-hydrogen) atoms. The number of anilines is 2. The van der Waals surface area contributed by atoms with E-state index in [2.05, 4.69) is 10.3 Å². The second-order valence-corrected chi connectivity index (χ2v) is 3.50. The molecule has 1 aromatic heterocycles. The summed E-state index contributed by atoms with van der Waals surface area (Å²) in [6.07, 6.45) is 1.52. The zero-order chi connectivity index (χ0) is 13.4. The van der Waals surface area contributed by atoms with Crippen molar-refractivity contribution in [3.63, 3.8) is 0 Å². The van der Waals surface area contributed by atoms with Crippen LogP contribution < -0.4 is 11.1 Å². The SMILES string of the molecule is CCOCCNc1cnc(N)cc1C(=O)OCC. The van der Waals surface area contributed by atoms with Crippen LogP contribution >= 0.6 is 0 Å². The molecule has 0 aliphatic heterocycles. The molecule has 0 spiro atoms. The third-order valence-electron chi connectivity index (χ3n) is 2.19. The van der Waals surface area contributed by atoms with Gasteiger partial charge in [0.1, 0.15) is 5.82 Å². The summed E-state index contributed by atoms with van der Waals surface area (Å²) in [7, 11) is 0. The minimum absolute atomic E-state index is 0.286. The number of rotatable bonds is 7. The first kappa shape index (κ1) is 14.2. The molecule has 0 fully saturated rings. The smallest absolute Gasteiger partial charge is 0.340 e. The van der Waals surface area contributed by atoms with Crippen LogP contribution in [-0.4, -0.2) is 37.3 Å². The number of esters is 1. The number of carbonyl (C=O) groups is 1. The maximum absolute atomic E-state index is 11.7. The van der Waals surface area contributed by atoms with Crippen LogP contribution in [0.2, 0.25) is 0 Å². The third-order valence-corrected chi connectivity index (χ3v) is 2.19. The number of nitrogens with one attached hydrogen (secondary N) is 1. The van der Waals surface area contributed by atoms with Gasteiger partial charge in [-0.3, -0.25) is 0 Å². The molecule has 0 saturated carbocycles. The molecule has 0 aliphatic rings. The Morgan fingerprint density at radius 2 is 2.22 bits per heavy atom. The van der Waals surface area contributed by atoms with Gasteiger partial charge in [-0.15, -0.1) is 0 Å². The van der Waals surface area contributed by atoms with Gasteiger partial charge in [0, 0.05) is 13.2 Å². The second kappa shape index (κ2) is 7.50. The van der Waals surface area contributed by atoms with Crippen LogP contribution in [0.15, 0.2) is 12.3 Å². The maximum Gasteiger partial charge on any atom is 0.340 e. The zero-order valence-electron chi connectivity index (χ0n) is 10.7. The van der Waals surface area contributed by atoms with E-state index < -0.39 is 5.97 Å². The first-order chi connectivity index (χ1) is 8.69. The summed E-state index contributed by atoms with van der Waals surface area (Å²) >= 11 is 0. The lowest BCUT2D eigenvalue weighted by Gasteiger charge is -2.11. The normalized spacial score (nSPS) is 10.1. The fourth-order valence-electron chi connectivity index (χ4n) is 1.39. The number of nitrogens with two attached hydrogens (primary N) is 1.